The highest BCUT2D eigenvalue weighted by Gasteiger charge is 2.28. The topological polar surface area (TPSA) is 75.3 Å². The lowest BCUT2D eigenvalue weighted by Crippen LogP contribution is -2.27. The van der Waals surface area contributed by atoms with Crippen molar-refractivity contribution >= 4 is 15.9 Å². The molecule has 1 amide bonds. The molecular weight excluding hydrogens is 336 g/mol. The number of sulfonamides is 1. The van der Waals surface area contributed by atoms with Crippen LogP contribution in [0.25, 0.3) is 0 Å². The molecule has 1 fully saturated rings. The molecule has 5 nitrogen and oxygen atoms in total. The molecule has 2 aromatic rings. The molecule has 1 aliphatic carbocycles. The van der Waals surface area contributed by atoms with Crippen molar-refractivity contribution in [3.8, 4) is 0 Å². The molecule has 2 N–H and O–H groups in total. The van der Waals surface area contributed by atoms with Crippen LogP contribution in [0.4, 0.5) is 0 Å². The minimum absolute atomic E-state index is 0.0323. The molecule has 0 bridgehead atoms. The second-order valence-corrected chi connectivity index (χ2v) is 8.26. The molecule has 6 heteroatoms. The quantitative estimate of drug-likeness (QED) is 0.834. The van der Waals surface area contributed by atoms with Gasteiger partial charge in [0.25, 0.3) is 5.91 Å². The first-order valence-electron chi connectivity index (χ1n) is 8.32. The third-order valence-electron chi connectivity index (χ3n) is 4.20. The highest BCUT2D eigenvalue weighted by Crippen LogP contribution is 2.23. The number of aryl methyl sites for hydroxylation is 2. The largest absolute Gasteiger partial charge is 0.348 e. The summed E-state index contributed by atoms with van der Waals surface area (Å²) in [5.41, 5.74) is 3.26. The van der Waals surface area contributed by atoms with Crippen molar-refractivity contribution in [3.63, 3.8) is 0 Å². The predicted octanol–water partition coefficient (Wildman–Crippen LogP) is 2.67. The monoisotopic (exact) mass is 358 g/mol. The maximum Gasteiger partial charge on any atom is 0.251 e. The zero-order valence-electron chi connectivity index (χ0n) is 14.4. The van der Waals surface area contributed by atoms with Crippen molar-refractivity contribution in [2.45, 2.75) is 44.2 Å². The van der Waals surface area contributed by atoms with Gasteiger partial charge in [0.1, 0.15) is 0 Å². The lowest BCUT2D eigenvalue weighted by molar-refractivity contribution is 0.0950. The van der Waals surface area contributed by atoms with E-state index in [1.165, 1.54) is 12.1 Å². The van der Waals surface area contributed by atoms with E-state index in [0.717, 1.165) is 29.5 Å². The number of carbonyl (C=O) groups is 1. The number of rotatable bonds is 6. The Morgan fingerprint density at radius 1 is 1.12 bits per heavy atom. The molecule has 0 radical (unpaired) electrons. The van der Waals surface area contributed by atoms with Gasteiger partial charge in [-0.05, 0) is 49.9 Å². The van der Waals surface area contributed by atoms with E-state index in [4.69, 9.17) is 0 Å². The van der Waals surface area contributed by atoms with E-state index in [2.05, 4.69) is 10.0 Å². The van der Waals surface area contributed by atoms with Crippen molar-refractivity contribution in [1.82, 2.24) is 10.0 Å². The van der Waals surface area contributed by atoms with E-state index < -0.39 is 10.0 Å². The van der Waals surface area contributed by atoms with E-state index in [1.807, 2.05) is 31.2 Å². The molecule has 0 aromatic heterocycles. The zero-order chi connectivity index (χ0) is 18.0. The Hall–Kier alpha value is -2.18. The molecule has 0 unspecified atom stereocenters. The van der Waals surface area contributed by atoms with Gasteiger partial charge in [-0.2, -0.15) is 0 Å². The Balaban J connectivity index is 1.76. The number of amides is 1. The van der Waals surface area contributed by atoms with E-state index >= 15 is 0 Å². The second-order valence-electron chi connectivity index (χ2n) is 6.54. The fourth-order valence-corrected chi connectivity index (χ4v) is 3.93. The summed E-state index contributed by atoms with van der Waals surface area (Å²) in [5, 5.41) is 2.86. The van der Waals surface area contributed by atoms with E-state index in [1.54, 1.807) is 13.0 Å². The number of nitrogens with one attached hydrogen (secondary N) is 2. The predicted molar refractivity (Wildman–Crippen MR) is 96.9 cm³/mol. The standard InChI is InChI=1S/C19H22N2O3S/c1-13-4-3-5-15(10-13)12-20-19(22)18-11-17(9-6-14(18)2)25(23,24)21-16-7-8-16/h3-6,9-11,16,21H,7-8,12H2,1-2H3,(H,20,22). The molecule has 0 saturated heterocycles. The van der Waals surface area contributed by atoms with E-state index in [9.17, 15) is 13.2 Å². The van der Waals surface area contributed by atoms with Crippen LogP contribution < -0.4 is 10.0 Å². The van der Waals surface area contributed by atoms with Gasteiger partial charge in [-0.1, -0.05) is 35.9 Å². The van der Waals surface area contributed by atoms with E-state index in [-0.39, 0.29) is 16.8 Å². The average Bonchev–Trinajstić information content (AvgIpc) is 3.36. The molecule has 1 saturated carbocycles. The number of hydrogen-bond acceptors (Lipinski definition) is 3. The van der Waals surface area contributed by atoms with Crippen LogP contribution in [0, 0.1) is 13.8 Å². The number of benzene rings is 2. The number of hydrogen-bond donors (Lipinski definition) is 2. The summed E-state index contributed by atoms with van der Waals surface area (Å²) in [6.07, 6.45) is 1.74. The first kappa shape index (κ1) is 17.6. The van der Waals surface area contributed by atoms with Gasteiger partial charge < -0.3 is 5.32 Å². The molecule has 3 rings (SSSR count). The maximum atomic E-state index is 12.5. The summed E-state index contributed by atoms with van der Waals surface area (Å²) < 4.78 is 27.3. The Morgan fingerprint density at radius 3 is 2.56 bits per heavy atom. The van der Waals surface area contributed by atoms with Crippen LogP contribution in [-0.4, -0.2) is 20.4 Å². The van der Waals surface area contributed by atoms with Crippen LogP contribution in [0.3, 0.4) is 0 Å². The van der Waals surface area contributed by atoms with Crippen molar-refractivity contribution in [3.05, 3.63) is 64.7 Å². The molecule has 0 heterocycles. The minimum atomic E-state index is -3.57. The highest BCUT2D eigenvalue weighted by atomic mass is 32.2. The third-order valence-corrected chi connectivity index (χ3v) is 5.72. The highest BCUT2D eigenvalue weighted by molar-refractivity contribution is 7.89. The van der Waals surface area contributed by atoms with Crippen molar-refractivity contribution in [1.29, 1.82) is 0 Å². The van der Waals surface area contributed by atoms with Crippen LogP contribution >= 0.6 is 0 Å². The fraction of sp³-hybridized carbons (Fsp3) is 0.316. The van der Waals surface area contributed by atoms with Gasteiger partial charge >= 0.3 is 0 Å². The Morgan fingerprint density at radius 2 is 1.88 bits per heavy atom. The van der Waals surface area contributed by atoms with Crippen LogP contribution in [0.1, 0.15) is 39.9 Å². The first-order chi connectivity index (χ1) is 11.8. The van der Waals surface area contributed by atoms with Crippen LogP contribution in [0.15, 0.2) is 47.4 Å². The smallest absolute Gasteiger partial charge is 0.251 e. The van der Waals surface area contributed by atoms with Crippen molar-refractivity contribution < 1.29 is 13.2 Å². The molecule has 2 aromatic carbocycles. The third kappa shape index (κ3) is 4.46. The normalized spacial score (nSPS) is 14.3. The summed E-state index contributed by atoms with van der Waals surface area (Å²) in [7, 11) is -3.57. The Labute approximate surface area is 148 Å². The van der Waals surface area contributed by atoms with Crippen LogP contribution in [-0.2, 0) is 16.6 Å². The second kappa shape index (κ2) is 6.98. The first-order valence-corrected chi connectivity index (χ1v) is 9.80. The molecular formula is C19H22N2O3S. The van der Waals surface area contributed by atoms with Gasteiger partial charge in [0, 0.05) is 18.2 Å². The van der Waals surface area contributed by atoms with Gasteiger partial charge in [-0.15, -0.1) is 0 Å². The van der Waals surface area contributed by atoms with E-state index in [0.29, 0.717) is 12.1 Å². The summed E-state index contributed by atoms with van der Waals surface area (Å²) in [6.45, 7) is 4.19. The van der Waals surface area contributed by atoms with Gasteiger partial charge in [0.15, 0.2) is 0 Å². The van der Waals surface area contributed by atoms with Crippen molar-refractivity contribution in [2.75, 3.05) is 0 Å². The number of carbonyl (C=O) groups excluding carboxylic acids is 1. The maximum absolute atomic E-state index is 12.5. The van der Waals surface area contributed by atoms with Crippen LogP contribution in [0.5, 0.6) is 0 Å². The van der Waals surface area contributed by atoms with Crippen molar-refractivity contribution in [2.24, 2.45) is 0 Å². The summed E-state index contributed by atoms with van der Waals surface area (Å²) >= 11 is 0. The summed E-state index contributed by atoms with van der Waals surface area (Å²) in [4.78, 5) is 12.6. The average molecular weight is 358 g/mol. The molecule has 0 aliphatic heterocycles. The molecule has 1 aliphatic rings. The van der Waals surface area contributed by atoms with Gasteiger partial charge in [0.2, 0.25) is 10.0 Å². The van der Waals surface area contributed by atoms with Crippen LogP contribution in [0.2, 0.25) is 0 Å². The Bertz CT molecular complexity index is 903. The molecule has 132 valence electrons. The van der Waals surface area contributed by atoms with Gasteiger partial charge in [0.05, 0.1) is 4.90 Å². The minimum Gasteiger partial charge on any atom is -0.348 e. The Kier molecular flexibility index (Phi) is 4.92. The molecule has 25 heavy (non-hydrogen) atoms. The van der Waals surface area contributed by atoms with Gasteiger partial charge in [-0.3, -0.25) is 4.79 Å². The summed E-state index contributed by atoms with van der Waals surface area (Å²) in [5.74, 6) is -0.275. The fourth-order valence-electron chi connectivity index (χ4n) is 2.60. The summed E-state index contributed by atoms with van der Waals surface area (Å²) in [6, 6.07) is 12.6. The SMILES string of the molecule is Cc1cccc(CNC(=O)c2cc(S(=O)(=O)NC3CC3)ccc2C)c1. The lowest BCUT2D eigenvalue weighted by atomic mass is 10.1. The zero-order valence-corrected chi connectivity index (χ0v) is 15.2. The molecule has 0 atom stereocenters. The molecule has 0 spiro atoms. The lowest BCUT2D eigenvalue weighted by Gasteiger charge is -2.11. The van der Waals surface area contributed by atoms with Gasteiger partial charge in [-0.25, -0.2) is 13.1 Å².